The van der Waals surface area contributed by atoms with Gasteiger partial charge in [-0.25, -0.2) is 0 Å². The van der Waals surface area contributed by atoms with Crippen LogP contribution in [-0.4, -0.2) is 37.6 Å². The van der Waals surface area contributed by atoms with Gasteiger partial charge in [-0.05, 0) is 24.7 Å². The Balaban J connectivity index is 2.66. The third-order valence-corrected chi connectivity index (χ3v) is 2.83. The molecule has 1 rings (SSSR count). The summed E-state index contributed by atoms with van der Waals surface area (Å²) in [5, 5.41) is 0.694. The van der Waals surface area contributed by atoms with Gasteiger partial charge in [0.05, 0.1) is 7.11 Å². The SMILES string of the molecule is COC(=O)C(CN)N(C)Cc1ccc(Cl)cc1. The Bertz CT molecular complexity index is 367. The van der Waals surface area contributed by atoms with Crippen LogP contribution in [0.2, 0.25) is 5.02 Å². The summed E-state index contributed by atoms with van der Waals surface area (Å²) in [5.41, 5.74) is 6.63. The van der Waals surface area contributed by atoms with E-state index in [-0.39, 0.29) is 12.5 Å². The van der Waals surface area contributed by atoms with Gasteiger partial charge in [0.15, 0.2) is 0 Å². The molecule has 0 radical (unpaired) electrons. The average molecular weight is 257 g/mol. The van der Waals surface area contributed by atoms with Gasteiger partial charge in [0, 0.05) is 18.1 Å². The lowest BCUT2D eigenvalue weighted by molar-refractivity contribution is -0.146. The molecule has 1 aromatic carbocycles. The van der Waals surface area contributed by atoms with Crippen LogP contribution in [0.5, 0.6) is 0 Å². The van der Waals surface area contributed by atoms with Crippen molar-refractivity contribution < 1.29 is 9.53 Å². The van der Waals surface area contributed by atoms with Crippen LogP contribution in [0.15, 0.2) is 24.3 Å². The van der Waals surface area contributed by atoms with Crippen molar-refractivity contribution in [2.24, 2.45) is 5.73 Å². The standard InChI is InChI=1S/C12H17ClN2O2/c1-15(11(7-14)12(16)17-2)8-9-3-5-10(13)6-4-9/h3-6,11H,7-8,14H2,1-2H3. The van der Waals surface area contributed by atoms with E-state index in [9.17, 15) is 4.79 Å². The Morgan fingerprint density at radius 2 is 2.06 bits per heavy atom. The molecule has 0 fully saturated rings. The van der Waals surface area contributed by atoms with Crippen LogP contribution >= 0.6 is 11.6 Å². The first-order valence-electron chi connectivity index (χ1n) is 5.31. The molecule has 1 atom stereocenters. The highest BCUT2D eigenvalue weighted by Gasteiger charge is 2.22. The van der Waals surface area contributed by atoms with Gasteiger partial charge in [0.2, 0.25) is 0 Å². The smallest absolute Gasteiger partial charge is 0.324 e. The summed E-state index contributed by atoms with van der Waals surface area (Å²) in [7, 11) is 3.20. The molecule has 0 amide bonds. The largest absolute Gasteiger partial charge is 0.468 e. The molecule has 0 heterocycles. The third-order valence-electron chi connectivity index (χ3n) is 2.57. The first-order valence-corrected chi connectivity index (χ1v) is 5.69. The molecular weight excluding hydrogens is 240 g/mol. The molecule has 0 aliphatic heterocycles. The lowest BCUT2D eigenvalue weighted by Gasteiger charge is -2.24. The van der Waals surface area contributed by atoms with Crippen LogP contribution < -0.4 is 5.73 Å². The normalized spacial score (nSPS) is 12.5. The fourth-order valence-electron chi connectivity index (χ4n) is 1.58. The molecule has 0 aliphatic carbocycles. The van der Waals surface area contributed by atoms with Crippen molar-refractivity contribution in [1.29, 1.82) is 0 Å². The second-order valence-corrected chi connectivity index (χ2v) is 4.25. The molecule has 0 saturated heterocycles. The minimum Gasteiger partial charge on any atom is -0.468 e. The molecule has 2 N–H and O–H groups in total. The monoisotopic (exact) mass is 256 g/mol. The minimum atomic E-state index is -0.421. The molecule has 0 bridgehead atoms. The Labute approximate surface area is 106 Å². The maximum Gasteiger partial charge on any atom is 0.324 e. The topological polar surface area (TPSA) is 55.6 Å². The highest BCUT2D eigenvalue weighted by molar-refractivity contribution is 6.30. The van der Waals surface area contributed by atoms with Crippen LogP contribution in [0.25, 0.3) is 0 Å². The van der Waals surface area contributed by atoms with Gasteiger partial charge in [-0.3, -0.25) is 9.69 Å². The molecule has 0 saturated carbocycles. The highest BCUT2D eigenvalue weighted by Crippen LogP contribution is 2.12. The number of likely N-dealkylation sites (N-methyl/N-ethyl adjacent to an activating group) is 1. The summed E-state index contributed by atoms with van der Waals surface area (Å²) in [4.78, 5) is 13.3. The van der Waals surface area contributed by atoms with Crippen LogP contribution in [0.4, 0.5) is 0 Å². The molecule has 0 aliphatic rings. The number of carbonyl (C=O) groups excluding carboxylic acids is 1. The number of halogens is 1. The molecule has 5 heteroatoms. The number of carbonyl (C=O) groups is 1. The van der Waals surface area contributed by atoms with E-state index in [2.05, 4.69) is 0 Å². The van der Waals surface area contributed by atoms with Gasteiger partial charge in [-0.1, -0.05) is 23.7 Å². The number of ether oxygens (including phenoxy) is 1. The molecule has 17 heavy (non-hydrogen) atoms. The summed E-state index contributed by atoms with van der Waals surface area (Å²) >= 11 is 5.80. The van der Waals surface area contributed by atoms with E-state index in [4.69, 9.17) is 22.1 Å². The summed E-state index contributed by atoms with van der Waals surface area (Å²) in [5.74, 6) is -0.316. The summed E-state index contributed by atoms with van der Waals surface area (Å²) in [6.07, 6.45) is 0. The Kier molecular flexibility index (Phi) is 5.41. The number of hydrogen-bond donors (Lipinski definition) is 1. The van der Waals surface area contributed by atoms with Gasteiger partial charge in [0.1, 0.15) is 6.04 Å². The number of nitrogens with two attached hydrogens (primary N) is 1. The van der Waals surface area contributed by atoms with Gasteiger partial charge < -0.3 is 10.5 Å². The second-order valence-electron chi connectivity index (χ2n) is 3.82. The van der Waals surface area contributed by atoms with Crippen molar-refractivity contribution in [2.75, 3.05) is 20.7 Å². The number of esters is 1. The van der Waals surface area contributed by atoms with E-state index in [0.29, 0.717) is 11.6 Å². The Hall–Kier alpha value is -1.10. The number of benzene rings is 1. The predicted molar refractivity (Wildman–Crippen MR) is 67.8 cm³/mol. The lowest BCUT2D eigenvalue weighted by atomic mass is 10.2. The van der Waals surface area contributed by atoms with E-state index in [1.54, 1.807) is 0 Å². The van der Waals surface area contributed by atoms with Gasteiger partial charge in [-0.15, -0.1) is 0 Å². The van der Waals surface area contributed by atoms with Crippen LogP contribution in [0, 0.1) is 0 Å². The molecule has 0 aromatic heterocycles. The number of rotatable bonds is 5. The summed E-state index contributed by atoms with van der Waals surface area (Å²) in [6, 6.07) is 7.06. The Morgan fingerprint density at radius 1 is 1.47 bits per heavy atom. The highest BCUT2D eigenvalue weighted by atomic mass is 35.5. The van der Waals surface area contributed by atoms with Crippen LogP contribution in [0.1, 0.15) is 5.56 Å². The quantitative estimate of drug-likeness (QED) is 0.807. The maximum atomic E-state index is 11.5. The zero-order valence-corrected chi connectivity index (χ0v) is 10.8. The number of hydrogen-bond acceptors (Lipinski definition) is 4. The van der Waals surface area contributed by atoms with E-state index in [1.807, 2.05) is 36.2 Å². The zero-order valence-electron chi connectivity index (χ0n) is 10.0. The first kappa shape index (κ1) is 14.0. The van der Waals surface area contributed by atoms with Crippen molar-refractivity contribution in [2.45, 2.75) is 12.6 Å². The van der Waals surface area contributed by atoms with Crippen LogP contribution in [-0.2, 0) is 16.1 Å². The average Bonchev–Trinajstić information content (AvgIpc) is 2.32. The van der Waals surface area contributed by atoms with E-state index in [1.165, 1.54) is 7.11 Å². The fourth-order valence-corrected chi connectivity index (χ4v) is 1.71. The number of nitrogens with zero attached hydrogens (tertiary/aromatic N) is 1. The van der Waals surface area contributed by atoms with Gasteiger partial charge >= 0.3 is 5.97 Å². The van der Waals surface area contributed by atoms with Crippen molar-refractivity contribution in [3.05, 3.63) is 34.9 Å². The van der Waals surface area contributed by atoms with E-state index in [0.717, 1.165) is 5.56 Å². The maximum absolute atomic E-state index is 11.5. The van der Waals surface area contributed by atoms with Crippen molar-refractivity contribution >= 4 is 17.6 Å². The lowest BCUT2D eigenvalue weighted by Crippen LogP contribution is -2.44. The molecule has 1 aromatic rings. The molecule has 1 unspecified atom stereocenters. The predicted octanol–water partition coefficient (Wildman–Crippen LogP) is 1.27. The number of methoxy groups -OCH3 is 1. The Morgan fingerprint density at radius 3 is 2.53 bits per heavy atom. The van der Waals surface area contributed by atoms with Crippen LogP contribution in [0.3, 0.4) is 0 Å². The van der Waals surface area contributed by atoms with Gasteiger partial charge in [0.25, 0.3) is 0 Å². The molecular formula is C12H17ClN2O2. The fraction of sp³-hybridized carbons (Fsp3) is 0.417. The first-order chi connectivity index (χ1) is 8.08. The summed E-state index contributed by atoms with van der Waals surface area (Å²) < 4.78 is 4.70. The molecule has 4 nitrogen and oxygen atoms in total. The van der Waals surface area contributed by atoms with Crippen molar-refractivity contribution in [1.82, 2.24) is 4.90 Å². The summed E-state index contributed by atoms with van der Waals surface area (Å²) in [6.45, 7) is 0.852. The van der Waals surface area contributed by atoms with Gasteiger partial charge in [-0.2, -0.15) is 0 Å². The van der Waals surface area contributed by atoms with E-state index < -0.39 is 6.04 Å². The minimum absolute atomic E-state index is 0.233. The molecule has 94 valence electrons. The van der Waals surface area contributed by atoms with Crippen molar-refractivity contribution in [3.63, 3.8) is 0 Å². The third kappa shape index (κ3) is 4.00. The van der Waals surface area contributed by atoms with Crippen molar-refractivity contribution in [3.8, 4) is 0 Å². The zero-order chi connectivity index (χ0) is 12.8. The van der Waals surface area contributed by atoms with E-state index >= 15 is 0 Å². The molecule has 0 spiro atoms. The second kappa shape index (κ2) is 6.59.